The zero-order chi connectivity index (χ0) is 21.8. The standard InChI is InChI=1S/C9H3Cl17/c10-2(5(15,16)17)3(11,12)1-4(13,14)6(18,19)7(20,21)8(22,23)9(24,25)26/h2H,1H2. The van der Waals surface area contributed by atoms with Crippen molar-refractivity contribution in [1.29, 1.82) is 0 Å². The number of hydrogen-bond donors (Lipinski definition) is 0. The second-order valence-electron chi connectivity index (χ2n) is 4.77. The van der Waals surface area contributed by atoms with Crippen LogP contribution in [0.1, 0.15) is 6.42 Å². The first-order valence-corrected chi connectivity index (χ1v) is 12.0. The Bertz CT molecular complexity index is 493. The summed E-state index contributed by atoms with van der Waals surface area (Å²) in [5, 5.41) is -1.55. The monoisotopic (exact) mass is 705 g/mol. The average molecular weight is 714 g/mol. The van der Waals surface area contributed by atoms with Gasteiger partial charge in [-0.05, 0) is 0 Å². The summed E-state index contributed by atoms with van der Waals surface area (Å²) in [6.07, 6.45) is -0.758. The van der Waals surface area contributed by atoms with Gasteiger partial charge in [-0.2, -0.15) is 0 Å². The summed E-state index contributed by atoms with van der Waals surface area (Å²) in [5.41, 5.74) is 0. The Morgan fingerprint density at radius 1 is 0.500 bits per heavy atom. The van der Waals surface area contributed by atoms with Gasteiger partial charge in [-0.3, -0.25) is 0 Å². The van der Waals surface area contributed by atoms with E-state index in [1.165, 1.54) is 0 Å². The van der Waals surface area contributed by atoms with Crippen LogP contribution in [0, 0.1) is 0 Å². The highest BCUT2D eigenvalue weighted by molar-refractivity contribution is 6.81. The van der Waals surface area contributed by atoms with Gasteiger partial charge in [0.1, 0.15) is 9.71 Å². The minimum absolute atomic E-state index is 0.758. The summed E-state index contributed by atoms with van der Waals surface area (Å²) in [6.45, 7) is 0. The van der Waals surface area contributed by atoms with Crippen LogP contribution in [0.5, 0.6) is 0 Å². The lowest BCUT2D eigenvalue weighted by Crippen LogP contribution is -2.63. The number of alkyl halides is 17. The van der Waals surface area contributed by atoms with E-state index < -0.39 is 41.0 Å². The first-order valence-electron chi connectivity index (χ1n) is 5.53. The second kappa shape index (κ2) is 9.66. The molecule has 158 valence electrons. The van der Waals surface area contributed by atoms with Crippen LogP contribution in [-0.2, 0) is 0 Å². The van der Waals surface area contributed by atoms with Crippen LogP contribution in [-0.4, -0.2) is 34.6 Å². The predicted molar refractivity (Wildman–Crippen MR) is 127 cm³/mol. The molecule has 1 atom stereocenters. The maximum Gasteiger partial charge on any atom is 0.226 e. The van der Waals surface area contributed by atoms with Crippen molar-refractivity contribution in [2.24, 2.45) is 0 Å². The molecule has 0 nitrogen and oxygen atoms in total. The Balaban J connectivity index is 6.05. The molecule has 0 saturated carbocycles. The number of hydrogen-bond acceptors (Lipinski definition) is 0. The Kier molecular flexibility index (Phi) is 11.5. The van der Waals surface area contributed by atoms with Gasteiger partial charge in [-0.15, -0.1) is 11.6 Å². The maximum atomic E-state index is 6.18. The molecule has 0 amide bonds. The van der Waals surface area contributed by atoms with Gasteiger partial charge >= 0.3 is 0 Å². The second-order valence-corrected chi connectivity index (χ2v) is 16.9. The van der Waals surface area contributed by atoms with E-state index in [4.69, 9.17) is 197 Å². The molecule has 0 saturated heterocycles. The molecule has 0 aliphatic heterocycles. The SMILES string of the molecule is ClC(C(Cl)(Cl)Cl)C(Cl)(Cl)CC(Cl)(Cl)C(Cl)(Cl)C(Cl)(Cl)C(Cl)(Cl)C(Cl)(Cl)Cl. The molecule has 0 heterocycles. The molecule has 0 fully saturated rings. The molecule has 0 aliphatic carbocycles. The van der Waals surface area contributed by atoms with E-state index in [-0.39, 0.29) is 0 Å². The molecular weight excluding hydrogens is 711 g/mol. The van der Waals surface area contributed by atoms with Crippen LogP contribution in [0.3, 0.4) is 0 Å². The van der Waals surface area contributed by atoms with Gasteiger partial charge in [0.25, 0.3) is 0 Å². The summed E-state index contributed by atoms with van der Waals surface area (Å²) in [4.78, 5) is 0. The summed E-state index contributed by atoms with van der Waals surface area (Å²) in [6, 6.07) is 0. The highest BCUT2D eigenvalue weighted by Gasteiger charge is 2.74. The average Bonchev–Trinajstić information content (AvgIpc) is 2.33. The van der Waals surface area contributed by atoms with Crippen molar-refractivity contribution < 1.29 is 0 Å². The number of halogens is 17. The molecule has 1 unspecified atom stereocenters. The molecule has 0 aromatic heterocycles. The van der Waals surface area contributed by atoms with Gasteiger partial charge in [-0.1, -0.05) is 186 Å². The molecule has 0 aromatic carbocycles. The van der Waals surface area contributed by atoms with Crippen molar-refractivity contribution in [2.75, 3.05) is 0 Å². The molecule has 17 heteroatoms. The molecule has 0 bridgehead atoms. The molecule has 26 heavy (non-hydrogen) atoms. The Morgan fingerprint density at radius 2 is 0.846 bits per heavy atom. The normalized spacial score (nSPS) is 17.4. The fourth-order valence-electron chi connectivity index (χ4n) is 1.34. The van der Waals surface area contributed by atoms with Crippen molar-refractivity contribution in [3.63, 3.8) is 0 Å². The third kappa shape index (κ3) is 6.50. The molecule has 0 spiro atoms. The molecular formula is C9H3Cl17. The summed E-state index contributed by atoms with van der Waals surface area (Å²) >= 11 is 101. The molecule has 0 N–H and O–H groups in total. The van der Waals surface area contributed by atoms with E-state index in [1.807, 2.05) is 0 Å². The first kappa shape index (κ1) is 30.9. The summed E-state index contributed by atoms with van der Waals surface area (Å²) < 4.78 is -17.2. The van der Waals surface area contributed by atoms with Gasteiger partial charge in [0, 0.05) is 6.42 Å². The van der Waals surface area contributed by atoms with Gasteiger partial charge in [0.2, 0.25) is 11.9 Å². The molecule has 0 aliphatic rings. The first-order chi connectivity index (χ1) is 10.9. The van der Waals surface area contributed by atoms with E-state index in [2.05, 4.69) is 0 Å². The van der Waals surface area contributed by atoms with Crippen LogP contribution in [0.2, 0.25) is 0 Å². The molecule has 0 rings (SSSR count). The highest BCUT2D eigenvalue weighted by Crippen LogP contribution is 2.68. The lowest BCUT2D eigenvalue weighted by Gasteiger charge is -2.49. The quantitative estimate of drug-likeness (QED) is 0.241. The summed E-state index contributed by atoms with van der Waals surface area (Å²) in [7, 11) is 0. The van der Waals surface area contributed by atoms with Crippen molar-refractivity contribution in [2.45, 2.75) is 41.0 Å². The van der Waals surface area contributed by atoms with Crippen molar-refractivity contribution in [1.82, 2.24) is 0 Å². The lowest BCUT2D eigenvalue weighted by molar-refractivity contribution is 0.483. The van der Waals surface area contributed by atoms with Crippen molar-refractivity contribution >= 4 is 197 Å². The van der Waals surface area contributed by atoms with Crippen molar-refractivity contribution in [3.8, 4) is 0 Å². The molecule has 0 aromatic rings. The van der Waals surface area contributed by atoms with Crippen LogP contribution < -0.4 is 0 Å². The Labute approximate surface area is 235 Å². The lowest BCUT2D eigenvalue weighted by atomic mass is 10.0. The van der Waals surface area contributed by atoms with Crippen LogP contribution in [0.15, 0.2) is 0 Å². The largest absolute Gasteiger partial charge is 0.226 e. The van der Waals surface area contributed by atoms with Gasteiger partial charge < -0.3 is 0 Å². The minimum atomic E-state index is -2.72. The number of rotatable bonds is 6. The highest BCUT2D eigenvalue weighted by atomic mass is 35.6. The van der Waals surface area contributed by atoms with Crippen LogP contribution >= 0.6 is 197 Å². The summed E-state index contributed by atoms with van der Waals surface area (Å²) in [5.74, 6) is 0. The third-order valence-corrected chi connectivity index (χ3v) is 12.2. The predicted octanol–water partition coefficient (Wildman–Crippen LogP) is 10.6. The van der Waals surface area contributed by atoms with Gasteiger partial charge in [0.05, 0.1) is 0 Å². The minimum Gasteiger partial charge on any atom is -0.115 e. The fraction of sp³-hybridized carbons (Fsp3) is 1.00. The van der Waals surface area contributed by atoms with E-state index in [9.17, 15) is 0 Å². The fourth-order valence-corrected chi connectivity index (χ4v) is 6.43. The van der Waals surface area contributed by atoms with Gasteiger partial charge in [0.15, 0.2) is 13.0 Å². The third-order valence-electron chi connectivity index (χ3n) is 2.72. The van der Waals surface area contributed by atoms with Crippen LogP contribution in [0.4, 0.5) is 0 Å². The Hall–Kier alpha value is 4.93. The van der Waals surface area contributed by atoms with Crippen LogP contribution in [0.25, 0.3) is 0 Å². The maximum absolute atomic E-state index is 6.18. The van der Waals surface area contributed by atoms with Crippen molar-refractivity contribution in [3.05, 3.63) is 0 Å². The van der Waals surface area contributed by atoms with E-state index >= 15 is 0 Å². The van der Waals surface area contributed by atoms with E-state index in [1.54, 1.807) is 0 Å². The topological polar surface area (TPSA) is 0 Å². The molecule has 0 radical (unpaired) electrons. The van der Waals surface area contributed by atoms with E-state index in [0.29, 0.717) is 0 Å². The van der Waals surface area contributed by atoms with E-state index in [0.717, 1.165) is 0 Å². The Morgan fingerprint density at radius 3 is 1.12 bits per heavy atom. The van der Waals surface area contributed by atoms with Gasteiger partial charge in [-0.25, -0.2) is 0 Å². The zero-order valence-electron chi connectivity index (χ0n) is 11.2. The zero-order valence-corrected chi connectivity index (χ0v) is 24.1. The smallest absolute Gasteiger partial charge is 0.115 e.